The zero-order valence-electron chi connectivity index (χ0n) is 25.6. The lowest BCUT2D eigenvalue weighted by Crippen LogP contribution is -2.47. The molecule has 0 fully saturated rings. The number of nitrogens with zero attached hydrogens (tertiary/aromatic N) is 2. The van der Waals surface area contributed by atoms with Crippen molar-refractivity contribution in [1.29, 1.82) is 0 Å². The number of carbonyl (C=O) groups excluding carboxylic acids is 2. The average molecular weight is 625 g/mol. The Kier molecular flexibility index (Phi) is 8.79. The number of hydrogen-bond donors (Lipinski definition) is 2. The SMILES string of the molecule is COc1ccc(CN2Cc3cc([N+](=O)[O-])ccc3N/C(=C\C(=O)NC(c3ccccc3)(c3ccccc3)c3ccccc3)C2=O)cc1. The summed E-state index contributed by atoms with van der Waals surface area (Å²) in [5.74, 6) is -0.263. The first-order valence-electron chi connectivity index (χ1n) is 15.0. The smallest absolute Gasteiger partial charge is 0.271 e. The van der Waals surface area contributed by atoms with Crippen molar-refractivity contribution < 1.29 is 19.2 Å². The van der Waals surface area contributed by atoms with Crippen LogP contribution in [0.1, 0.15) is 27.8 Å². The number of rotatable bonds is 9. The molecule has 5 aromatic rings. The van der Waals surface area contributed by atoms with Gasteiger partial charge in [-0.15, -0.1) is 0 Å². The van der Waals surface area contributed by atoms with Gasteiger partial charge in [0, 0.05) is 42.5 Å². The third kappa shape index (κ3) is 6.46. The van der Waals surface area contributed by atoms with E-state index in [-0.39, 0.29) is 24.5 Å². The maximum Gasteiger partial charge on any atom is 0.271 e. The second-order valence-corrected chi connectivity index (χ2v) is 11.1. The van der Waals surface area contributed by atoms with E-state index in [0.717, 1.165) is 22.3 Å². The molecule has 1 aliphatic heterocycles. The first-order valence-corrected chi connectivity index (χ1v) is 15.0. The molecular formula is C38H32N4O5. The Hall–Kier alpha value is -6.22. The van der Waals surface area contributed by atoms with E-state index in [1.165, 1.54) is 18.2 Å². The molecule has 2 N–H and O–H groups in total. The molecule has 1 heterocycles. The summed E-state index contributed by atoms with van der Waals surface area (Å²) in [5.41, 5.74) is 3.24. The van der Waals surface area contributed by atoms with Gasteiger partial charge in [-0.25, -0.2) is 0 Å². The van der Waals surface area contributed by atoms with Crippen LogP contribution in [0, 0.1) is 10.1 Å². The number of methoxy groups -OCH3 is 1. The number of anilines is 1. The lowest BCUT2D eigenvalue weighted by Gasteiger charge is -2.36. The minimum absolute atomic E-state index is 0.0340. The molecule has 2 amide bonds. The lowest BCUT2D eigenvalue weighted by molar-refractivity contribution is -0.384. The Bertz CT molecular complexity index is 1830. The van der Waals surface area contributed by atoms with Gasteiger partial charge in [-0.3, -0.25) is 19.7 Å². The van der Waals surface area contributed by atoms with Gasteiger partial charge in [-0.2, -0.15) is 0 Å². The molecule has 9 heteroatoms. The van der Waals surface area contributed by atoms with Gasteiger partial charge in [0.1, 0.15) is 17.0 Å². The maximum atomic E-state index is 14.2. The summed E-state index contributed by atoms with van der Waals surface area (Å²) in [6.07, 6.45) is 1.27. The zero-order chi connectivity index (χ0) is 32.8. The lowest BCUT2D eigenvalue weighted by atomic mass is 9.77. The van der Waals surface area contributed by atoms with Crippen LogP contribution in [0.4, 0.5) is 11.4 Å². The van der Waals surface area contributed by atoms with E-state index in [1.54, 1.807) is 30.2 Å². The normalized spacial score (nSPS) is 13.7. The van der Waals surface area contributed by atoms with Gasteiger partial charge >= 0.3 is 0 Å². The Morgan fingerprint density at radius 3 is 1.94 bits per heavy atom. The highest BCUT2D eigenvalue weighted by atomic mass is 16.6. The third-order valence-corrected chi connectivity index (χ3v) is 8.19. The number of hydrogen-bond acceptors (Lipinski definition) is 6. The van der Waals surface area contributed by atoms with Gasteiger partial charge in [0.05, 0.1) is 12.0 Å². The molecule has 0 aromatic heterocycles. The van der Waals surface area contributed by atoms with Gasteiger partial charge in [0.25, 0.3) is 11.6 Å². The van der Waals surface area contributed by atoms with E-state index in [0.29, 0.717) is 17.0 Å². The third-order valence-electron chi connectivity index (χ3n) is 8.19. The van der Waals surface area contributed by atoms with Gasteiger partial charge in [0.2, 0.25) is 5.91 Å². The number of amides is 2. The molecule has 9 nitrogen and oxygen atoms in total. The molecule has 0 spiro atoms. The molecule has 0 unspecified atom stereocenters. The average Bonchev–Trinajstić information content (AvgIpc) is 3.23. The fourth-order valence-electron chi connectivity index (χ4n) is 5.90. The second kappa shape index (κ2) is 13.4. The molecule has 0 radical (unpaired) electrons. The molecule has 0 bridgehead atoms. The van der Waals surface area contributed by atoms with E-state index in [2.05, 4.69) is 10.6 Å². The molecule has 5 aromatic carbocycles. The summed E-state index contributed by atoms with van der Waals surface area (Å²) in [5, 5.41) is 18.0. The molecule has 1 aliphatic rings. The van der Waals surface area contributed by atoms with E-state index in [1.807, 2.05) is 103 Å². The summed E-state index contributed by atoms with van der Waals surface area (Å²) in [7, 11) is 1.58. The van der Waals surface area contributed by atoms with Crippen molar-refractivity contribution in [3.8, 4) is 5.75 Å². The van der Waals surface area contributed by atoms with Crippen LogP contribution >= 0.6 is 0 Å². The van der Waals surface area contributed by atoms with Gasteiger partial charge in [0.15, 0.2) is 0 Å². The van der Waals surface area contributed by atoms with Crippen molar-refractivity contribution >= 4 is 23.2 Å². The molecule has 47 heavy (non-hydrogen) atoms. The standard InChI is InChI=1S/C38H32N4O5/c1-47-33-20-17-27(18-21-33)25-41-26-28-23-32(42(45)46)19-22-34(28)39-35(37(41)44)24-36(43)40-38(29-11-5-2-6-12-29,30-13-7-3-8-14-30)31-15-9-4-10-16-31/h2-24,39H,25-26H2,1H3,(H,40,43)/b35-24-. The Morgan fingerprint density at radius 1 is 0.872 bits per heavy atom. The number of ether oxygens (including phenoxy) is 1. The van der Waals surface area contributed by atoms with Crippen molar-refractivity contribution in [2.24, 2.45) is 0 Å². The summed E-state index contributed by atoms with van der Waals surface area (Å²) in [6.45, 7) is 0.295. The van der Waals surface area contributed by atoms with Gasteiger partial charge < -0.3 is 20.3 Å². The number of nitro groups is 1. The number of carbonyl (C=O) groups is 2. The highest BCUT2D eigenvalue weighted by Gasteiger charge is 2.38. The van der Waals surface area contributed by atoms with Crippen molar-refractivity contribution in [2.45, 2.75) is 18.6 Å². The maximum absolute atomic E-state index is 14.2. The van der Waals surface area contributed by atoms with Crippen LogP contribution < -0.4 is 15.4 Å². The molecule has 0 saturated heterocycles. The zero-order valence-corrected chi connectivity index (χ0v) is 25.6. The number of fused-ring (bicyclic) bond motifs is 1. The predicted molar refractivity (Wildman–Crippen MR) is 179 cm³/mol. The molecule has 6 rings (SSSR count). The van der Waals surface area contributed by atoms with Crippen LogP contribution in [0.3, 0.4) is 0 Å². The van der Waals surface area contributed by atoms with Crippen LogP contribution in [0.15, 0.2) is 145 Å². The van der Waals surface area contributed by atoms with E-state index in [4.69, 9.17) is 4.74 Å². The minimum atomic E-state index is -1.09. The van der Waals surface area contributed by atoms with E-state index < -0.39 is 22.3 Å². The summed E-state index contributed by atoms with van der Waals surface area (Å²) >= 11 is 0. The summed E-state index contributed by atoms with van der Waals surface area (Å²) < 4.78 is 5.27. The Labute approximate surface area is 272 Å². The number of non-ortho nitro benzene ring substituents is 1. The summed E-state index contributed by atoms with van der Waals surface area (Å²) in [4.78, 5) is 41.0. The van der Waals surface area contributed by atoms with Gasteiger partial charge in [-0.1, -0.05) is 103 Å². The highest BCUT2D eigenvalue weighted by Crippen LogP contribution is 2.37. The predicted octanol–water partition coefficient (Wildman–Crippen LogP) is 6.55. The topological polar surface area (TPSA) is 114 Å². The summed E-state index contributed by atoms with van der Waals surface area (Å²) in [6, 6.07) is 40.7. The monoisotopic (exact) mass is 624 g/mol. The van der Waals surface area contributed by atoms with Crippen molar-refractivity contribution in [2.75, 3.05) is 12.4 Å². The molecule has 234 valence electrons. The van der Waals surface area contributed by atoms with Crippen LogP contribution in [-0.4, -0.2) is 28.7 Å². The largest absolute Gasteiger partial charge is 0.497 e. The number of nitrogens with one attached hydrogen (secondary N) is 2. The minimum Gasteiger partial charge on any atom is -0.497 e. The van der Waals surface area contributed by atoms with Gasteiger partial charge in [-0.05, 0) is 40.5 Å². The number of benzene rings is 5. The van der Waals surface area contributed by atoms with Crippen molar-refractivity contribution in [3.63, 3.8) is 0 Å². The molecule has 0 aliphatic carbocycles. The second-order valence-electron chi connectivity index (χ2n) is 11.1. The molecule has 0 atom stereocenters. The molecular weight excluding hydrogens is 592 g/mol. The van der Waals surface area contributed by atoms with Crippen LogP contribution in [0.2, 0.25) is 0 Å². The highest BCUT2D eigenvalue weighted by molar-refractivity contribution is 6.04. The van der Waals surface area contributed by atoms with Crippen molar-refractivity contribution in [3.05, 3.63) is 183 Å². The Balaban J connectivity index is 1.43. The van der Waals surface area contributed by atoms with E-state index in [9.17, 15) is 19.7 Å². The van der Waals surface area contributed by atoms with E-state index >= 15 is 0 Å². The van der Waals surface area contributed by atoms with Crippen molar-refractivity contribution in [1.82, 2.24) is 10.2 Å². The first-order chi connectivity index (χ1) is 22.9. The fourth-order valence-corrected chi connectivity index (χ4v) is 5.90. The molecule has 0 saturated carbocycles. The quantitative estimate of drug-likeness (QED) is 0.0832. The number of nitro benzene ring substituents is 1. The van der Waals surface area contributed by atoms with Crippen LogP contribution in [0.5, 0.6) is 5.75 Å². The van der Waals surface area contributed by atoms with Crippen LogP contribution in [0.25, 0.3) is 0 Å². The fraction of sp³-hybridized carbons (Fsp3) is 0.105. The van der Waals surface area contributed by atoms with Crippen LogP contribution in [-0.2, 0) is 28.2 Å². The first kappa shape index (κ1) is 30.8. The Morgan fingerprint density at radius 2 is 1.43 bits per heavy atom.